The van der Waals surface area contributed by atoms with Gasteiger partial charge >= 0.3 is 0 Å². The molecule has 0 N–H and O–H groups in total. The monoisotopic (exact) mass is 292 g/mol. The minimum Gasteiger partial charge on any atom is -0.496 e. The largest absolute Gasteiger partial charge is 0.496 e. The fourth-order valence-corrected chi connectivity index (χ4v) is 2.55. The van der Waals surface area contributed by atoms with Crippen molar-refractivity contribution in [3.8, 4) is 22.6 Å². The molecule has 0 heterocycles. The van der Waals surface area contributed by atoms with Crippen molar-refractivity contribution in [1.29, 1.82) is 0 Å². The van der Waals surface area contributed by atoms with E-state index in [1.165, 1.54) is 5.56 Å². The zero-order chi connectivity index (χ0) is 15.4. The predicted molar refractivity (Wildman–Crippen MR) is 90.3 cm³/mol. The van der Waals surface area contributed by atoms with E-state index in [1.54, 1.807) is 7.11 Å². The molecule has 1 aliphatic carbocycles. The lowest BCUT2D eigenvalue weighted by molar-refractivity contribution is 0.416. The fraction of sp³-hybridized carbons (Fsp3) is 0.200. The third-order valence-corrected chi connectivity index (χ3v) is 3.72. The van der Waals surface area contributed by atoms with Crippen LogP contribution in [0.25, 0.3) is 11.1 Å². The van der Waals surface area contributed by atoms with E-state index in [0.29, 0.717) is 0 Å². The summed E-state index contributed by atoms with van der Waals surface area (Å²) in [6, 6.07) is 14.3. The smallest absolute Gasteiger partial charge is 0.127 e. The van der Waals surface area contributed by atoms with Crippen molar-refractivity contribution in [3.05, 3.63) is 72.0 Å². The Bertz CT molecular complexity index is 709. The lowest BCUT2D eigenvalue weighted by Crippen LogP contribution is -1.95. The third kappa shape index (κ3) is 3.22. The van der Waals surface area contributed by atoms with Crippen molar-refractivity contribution in [2.75, 3.05) is 7.11 Å². The SMILES string of the molecule is COc1ccc(C)cc1-c1ccc(OC2=CCCC=C2)cc1. The molecule has 0 bridgehead atoms. The van der Waals surface area contributed by atoms with Gasteiger partial charge in [0.05, 0.1) is 7.11 Å². The van der Waals surface area contributed by atoms with Crippen LogP contribution in [-0.2, 0) is 0 Å². The minimum absolute atomic E-state index is 0.855. The van der Waals surface area contributed by atoms with Gasteiger partial charge in [0.1, 0.15) is 17.3 Å². The van der Waals surface area contributed by atoms with Crippen molar-refractivity contribution in [2.45, 2.75) is 19.8 Å². The molecular weight excluding hydrogens is 272 g/mol. The highest BCUT2D eigenvalue weighted by Gasteiger charge is 2.07. The summed E-state index contributed by atoms with van der Waals surface area (Å²) in [5.41, 5.74) is 3.44. The van der Waals surface area contributed by atoms with E-state index in [-0.39, 0.29) is 0 Å². The molecule has 0 saturated heterocycles. The fourth-order valence-electron chi connectivity index (χ4n) is 2.55. The summed E-state index contributed by atoms with van der Waals surface area (Å²) >= 11 is 0. The Kier molecular flexibility index (Phi) is 4.29. The quantitative estimate of drug-likeness (QED) is 0.763. The van der Waals surface area contributed by atoms with Gasteiger partial charge in [-0.05, 0) is 61.7 Å². The van der Waals surface area contributed by atoms with Crippen LogP contribution in [0.3, 0.4) is 0 Å². The summed E-state index contributed by atoms with van der Waals surface area (Å²) in [6.07, 6.45) is 8.43. The zero-order valence-corrected chi connectivity index (χ0v) is 13.0. The van der Waals surface area contributed by atoms with Crippen molar-refractivity contribution >= 4 is 0 Å². The van der Waals surface area contributed by atoms with Crippen LogP contribution < -0.4 is 9.47 Å². The van der Waals surface area contributed by atoms with E-state index in [2.05, 4.69) is 43.3 Å². The topological polar surface area (TPSA) is 18.5 Å². The van der Waals surface area contributed by atoms with E-state index in [1.807, 2.05) is 24.3 Å². The van der Waals surface area contributed by atoms with Crippen LogP contribution in [-0.4, -0.2) is 7.11 Å². The normalized spacial score (nSPS) is 13.6. The number of aryl methyl sites for hydroxylation is 1. The van der Waals surface area contributed by atoms with Gasteiger partial charge in [0, 0.05) is 5.56 Å². The number of hydrogen-bond acceptors (Lipinski definition) is 2. The van der Waals surface area contributed by atoms with Gasteiger partial charge in [-0.2, -0.15) is 0 Å². The van der Waals surface area contributed by atoms with Crippen LogP contribution in [0, 0.1) is 6.92 Å². The number of allylic oxidation sites excluding steroid dienone is 3. The van der Waals surface area contributed by atoms with E-state index in [0.717, 1.165) is 41.2 Å². The summed E-state index contributed by atoms with van der Waals surface area (Å²) in [6.45, 7) is 2.09. The zero-order valence-electron chi connectivity index (χ0n) is 13.0. The third-order valence-electron chi connectivity index (χ3n) is 3.72. The van der Waals surface area contributed by atoms with Crippen LogP contribution >= 0.6 is 0 Å². The van der Waals surface area contributed by atoms with Gasteiger partial charge < -0.3 is 9.47 Å². The Morgan fingerprint density at radius 3 is 2.45 bits per heavy atom. The molecule has 0 saturated carbocycles. The summed E-state index contributed by atoms with van der Waals surface area (Å²) in [5.74, 6) is 2.66. The van der Waals surface area contributed by atoms with Crippen LogP contribution in [0.4, 0.5) is 0 Å². The van der Waals surface area contributed by atoms with Gasteiger partial charge in [-0.3, -0.25) is 0 Å². The lowest BCUT2D eigenvalue weighted by Gasteiger charge is -2.12. The second kappa shape index (κ2) is 6.52. The summed E-state index contributed by atoms with van der Waals surface area (Å²) in [4.78, 5) is 0. The summed E-state index contributed by atoms with van der Waals surface area (Å²) < 4.78 is 11.3. The average Bonchev–Trinajstić information content (AvgIpc) is 2.56. The predicted octanol–water partition coefficient (Wildman–Crippen LogP) is 5.28. The van der Waals surface area contributed by atoms with E-state index in [9.17, 15) is 0 Å². The first-order chi connectivity index (χ1) is 10.8. The molecule has 1 aliphatic rings. The number of benzene rings is 2. The molecule has 0 aromatic heterocycles. The molecule has 2 aromatic rings. The molecule has 2 nitrogen and oxygen atoms in total. The number of hydrogen-bond donors (Lipinski definition) is 0. The molecule has 2 heteroatoms. The Balaban J connectivity index is 1.83. The molecule has 22 heavy (non-hydrogen) atoms. The Hall–Kier alpha value is -2.48. The van der Waals surface area contributed by atoms with Gasteiger partial charge in [0.15, 0.2) is 0 Å². The Morgan fingerprint density at radius 1 is 0.955 bits per heavy atom. The van der Waals surface area contributed by atoms with Gasteiger partial charge in [-0.1, -0.05) is 29.8 Å². The van der Waals surface area contributed by atoms with Crippen LogP contribution in [0.1, 0.15) is 18.4 Å². The summed E-state index contributed by atoms with van der Waals surface area (Å²) in [7, 11) is 1.70. The molecule has 3 rings (SSSR count). The lowest BCUT2D eigenvalue weighted by atomic mass is 10.0. The Labute approximate surface area is 131 Å². The van der Waals surface area contributed by atoms with Crippen LogP contribution in [0.2, 0.25) is 0 Å². The maximum absolute atomic E-state index is 5.87. The van der Waals surface area contributed by atoms with E-state index in [4.69, 9.17) is 9.47 Å². The number of rotatable bonds is 4. The molecule has 0 radical (unpaired) electrons. The Morgan fingerprint density at radius 2 is 1.77 bits per heavy atom. The highest BCUT2D eigenvalue weighted by Crippen LogP contribution is 2.32. The molecule has 2 aromatic carbocycles. The van der Waals surface area contributed by atoms with Crippen LogP contribution in [0.5, 0.6) is 11.5 Å². The van der Waals surface area contributed by atoms with Gasteiger partial charge in [-0.15, -0.1) is 0 Å². The minimum atomic E-state index is 0.855. The average molecular weight is 292 g/mol. The first-order valence-electron chi connectivity index (χ1n) is 7.56. The molecule has 0 fully saturated rings. The molecule has 0 amide bonds. The maximum Gasteiger partial charge on any atom is 0.127 e. The van der Waals surface area contributed by atoms with Gasteiger partial charge in [-0.25, -0.2) is 0 Å². The molecule has 0 unspecified atom stereocenters. The van der Waals surface area contributed by atoms with Crippen molar-refractivity contribution in [1.82, 2.24) is 0 Å². The highest BCUT2D eigenvalue weighted by atomic mass is 16.5. The molecule has 0 aliphatic heterocycles. The second-order valence-corrected chi connectivity index (χ2v) is 5.42. The summed E-state index contributed by atoms with van der Waals surface area (Å²) in [5, 5.41) is 0. The highest BCUT2D eigenvalue weighted by molar-refractivity contribution is 5.71. The first kappa shape index (κ1) is 14.5. The van der Waals surface area contributed by atoms with Crippen LogP contribution in [0.15, 0.2) is 66.5 Å². The van der Waals surface area contributed by atoms with E-state index >= 15 is 0 Å². The number of ether oxygens (including phenoxy) is 2. The van der Waals surface area contributed by atoms with Gasteiger partial charge in [0.2, 0.25) is 0 Å². The van der Waals surface area contributed by atoms with E-state index < -0.39 is 0 Å². The second-order valence-electron chi connectivity index (χ2n) is 5.42. The first-order valence-corrected chi connectivity index (χ1v) is 7.56. The standard InChI is InChI=1S/C20H20O2/c1-15-8-13-20(21-2)19(14-15)16-9-11-18(12-10-16)22-17-6-4-3-5-7-17/h4,6-14H,3,5H2,1-2H3. The van der Waals surface area contributed by atoms with Gasteiger partial charge in [0.25, 0.3) is 0 Å². The van der Waals surface area contributed by atoms with Crippen molar-refractivity contribution in [3.63, 3.8) is 0 Å². The van der Waals surface area contributed by atoms with Crippen molar-refractivity contribution in [2.24, 2.45) is 0 Å². The molecule has 0 spiro atoms. The maximum atomic E-state index is 5.87. The van der Waals surface area contributed by atoms with Crippen molar-refractivity contribution < 1.29 is 9.47 Å². The number of methoxy groups -OCH3 is 1. The molecular formula is C20H20O2. The molecule has 0 atom stereocenters. The molecule has 112 valence electrons.